The lowest BCUT2D eigenvalue weighted by Gasteiger charge is -2.31. The van der Waals surface area contributed by atoms with Crippen LogP contribution in [-0.4, -0.2) is 70.1 Å². The first-order valence-corrected chi connectivity index (χ1v) is 14.8. The highest BCUT2D eigenvalue weighted by Gasteiger charge is 2.30. The Hall–Kier alpha value is -3.86. The lowest BCUT2D eigenvalue weighted by molar-refractivity contribution is -0.127. The molecule has 0 radical (unpaired) electrons. The fourth-order valence-electron chi connectivity index (χ4n) is 5.37. The van der Waals surface area contributed by atoms with Crippen LogP contribution in [0.25, 0.3) is 10.2 Å². The van der Waals surface area contributed by atoms with Gasteiger partial charge in [-0.3, -0.25) is 14.7 Å². The molecule has 1 saturated heterocycles. The number of aromatic nitrogens is 3. The number of carbonyl (C=O) groups is 1. The second kappa shape index (κ2) is 11.9. The van der Waals surface area contributed by atoms with Crippen molar-refractivity contribution in [3.8, 4) is 11.5 Å². The molecular formula is C31H34N6O3S. The van der Waals surface area contributed by atoms with Gasteiger partial charge in [-0.2, -0.15) is 0 Å². The third-order valence-corrected chi connectivity index (χ3v) is 8.61. The van der Waals surface area contributed by atoms with Crippen LogP contribution in [-0.2, 0) is 16.1 Å². The Morgan fingerprint density at radius 1 is 1.17 bits per heavy atom. The highest BCUT2D eigenvalue weighted by atomic mass is 32.1. The van der Waals surface area contributed by atoms with Crippen molar-refractivity contribution in [3.63, 3.8) is 0 Å². The van der Waals surface area contributed by atoms with E-state index in [9.17, 15) is 4.79 Å². The van der Waals surface area contributed by atoms with Crippen molar-refractivity contribution in [2.75, 3.05) is 44.7 Å². The Morgan fingerprint density at radius 2 is 2.02 bits per heavy atom. The van der Waals surface area contributed by atoms with Gasteiger partial charge in [-0.25, -0.2) is 9.97 Å². The van der Waals surface area contributed by atoms with Crippen LogP contribution in [0, 0.1) is 13.8 Å². The van der Waals surface area contributed by atoms with Crippen molar-refractivity contribution >= 4 is 39.0 Å². The number of anilines is 2. The summed E-state index contributed by atoms with van der Waals surface area (Å²) in [5.41, 5.74) is 4.10. The molecule has 212 valence electrons. The molecule has 1 atom stereocenters. The molecule has 1 fully saturated rings. The van der Waals surface area contributed by atoms with Crippen molar-refractivity contribution in [1.29, 1.82) is 0 Å². The highest BCUT2D eigenvalue weighted by Crippen LogP contribution is 2.42. The van der Waals surface area contributed by atoms with Gasteiger partial charge in [0.25, 0.3) is 0 Å². The molecule has 5 heterocycles. The first kappa shape index (κ1) is 27.3. The van der Waals surface area contributed by atoms with Crippen LogP contribution in [0.5, 0.6) is 11.5 Å². The molecule has 4 aromatic rings. The number of nitrogens with one attached hydrogen (secondary N) is 1. The van der Waals surface area contributed by atoms with Gasteiger partial charge in [-0.05, 0) is 55.3 Å². The van der Waals surface area contributed by atoms with Crippen molar-refractivity contribution in [3.05, 3.63) is 76.7 Å². The monoisotopic (exact) mass is 570 g/mol. The van der Waals surface area contributed by atoms with E-state index in [-0.39, 0.29) is 11.8 Å². The fraction of sp³-hybridized carbons (Fsp3) is 0.355. The van der Waals surface area contributed by atoms with Crippen LogP contribution in [0.2, 0.25) is 0 Å². The molecule has 0 aliphatic carbocycles. The van der Waals surface area contributed by atoms with Gasteiger partial charge in [0.05, 0.1) is 31.3 Å². The zero-order valence-corrected chi connectivity index (χ0v) is 24.4. The quantitative estimate of drug-likeness (QED) is 0.288. The van der Waals surface area contributed by atoms with E-state index in [1.807, 2.05) is 49.1 Å². The van der Waals surface area contributed by atoms with E-state index in [0.717, 1.165) is 71.6 Å². The summed E-state index contributed by atoms with van der Waals surface area (Å²) in [6.45, 7) is 11.5. The van der Waals surface area contributed by atoms with Gasteiger partial charge in [-0.15, -0.1) is 11.3 Å². The molecule has 0 bridgehead atoms. The summed E-state index contributed by atoms with van der Waals surface area (Å²) in [6, 6.07) is 9.85. The number of amides is 1. The minimum atomic E-state index is 0.0526. The minimum absolute atomic E-state index is 0.0526. The molecule has 0 saturated carbocycles. The topological polar surface area (TPSA) is 92.7 Å². The Balaban J connectivity index is 1.18. The lowest BCUT2D eigenvalue weighted by Crippen LogP contribution is -2.37. The van der Waals surface area contributed by atoms with Crippen molar-refractivity contribution in [2.24, 2.45) is 0 Å². The van der Waals surface area contributed by atoms with Crippen LogP contribution in [0.1, 0.15) is 34.5 Å². The van der Waals surface area contributed by atoms with E-state index in [4.69, 9.17) is 9.47 Å². The maximum absolute atomic E-state index is 13.1. The van der Waals surface area contributed by atoms with Gasteiger partial charge in [0.15, 0.2) is 0 Å². The van der Waals surface area contributed by atoms with E-state index in [2.05, 4.69) is 38.2 Å². The molecule has 1 N–H and O–H groups in total. The first-order valence-electron chi connectivity index (χ1n) is 13.9. The van der Waals surface area contributed by atoms with Crippen LogP contribution < -0.4 is 10.1 Å². The molecule has 6 rings (SSSR count). The summed E-state index contributed by atoms with van der Waals surface area (Å²) in [6.07, 6.45) is 7.03. The van der Waals surface area contributed by atoms with Gasteiger partial charge in [0.1, 0.15) is 28.5 Å². The average Bonchev–Trinajstić information content (AvgIpc) is 3.36. The number of aryl methyl sites for hydroxylation is 2. The Bertz CT molecular complexity index is 1580. The smallest absolute Gasteiger partial charge is 0.246 e. The second-order valence-electron chi connectivity index (χ2n) is 10.6. The number of thiophene rings is 1. The van der Waals surface area contributed by atoms with E-state index in [1.165, 1.54) is 10.4 Å². The number of ether oxygens (including phenoxy) is 2. The number of carbonyl (C=O) groups excluding carboxylic acids is 1. The van der Waals surface area contributed by atoms with Gasteiger partial charge >= 0.3 is 0 Å². The molecule has 1 amide bonds. The predicted molar refractivity (Wildman–Crippen MR) is 161 cm³/mol. The fourth-order valence-corrected chi connectivity index (χ4v) is 6.65. The van der Waals surface area contributed by atoms with Gasteiger partial charge < -0.3 is 19.7 Å². The number of benzene rings is 1. The SMILES string of the molecule is Cc1ccc(Oc2ccc(Nc3ncnc4sc5c(c34)[C@H](C)CN(C(=O)/C=C/CN3CCOCC3)C5)cc2C)cn1. The van der Waals surface area contributed by atoms with Crippen LogP contribution >= 0.6 is 11.3 Å². The van der Waals surface area contributed by atoms with Gasteiger partial charge in [0.2, 0.25) is 5.91 Å². The number of rotatable bonds is 7. The second-order valence-corrected chi connectivity index (χ2v) is 11.7. The Labute approximate surface area is 243 Å². The van der Waals surface area contributed by atoms with Crippen LogP contribution in [0.3, 0.4) is 0 Å². The molecule has 3 aromatic heterocycles. The van der Waals surface area contributed by atoms with E-state index in [0.29, 0.717) is 18.8 Å². The molecule has 1 aromatic carbocycles. The molecule has 41 heavy (non-hydrogen) atoms. The maximum atomic E-state index is 13.1. The number of morpholine rings is 1. The molecule has 2 aliphatic rings. The summed E-state index contributed by atoms with van der Waals surface area (Å²) in [7, 11) is 0. The molecule has 0 spiro atoms. The number of hydrogen-bond donors (Lipinski definition) is 1. The highest BCUT2D eigenvalue weighted by molar-refractivity contribution is 7.19. The summed E-state index contributed by atoms with van der Waals surface area (Å²) >= 11 is 1.65. The van der Waals surface area contributed by atoms with Crippen molar-refractivity contribution < 1.29 is 14.3 Å². The van der Waals surface area contributed by atoms with E-state index >= 15 is 0 Å². The van der Waals surface area contributed by atoms with Crippen LogP contribution in [0.15, 0.2) is 55.0 Å². The largest absolute Gasteiger partial charge is 0.455 e. The molecular weight excluding hydrogens is 536 g/mol. The predicted octanol–water partition coefficient (Wildman–Crippen LogP) is 5.57. The standard InChI is InChI=1S/C31H34N6O3S/c1-20-15-23(7-9-25(20)40-24-8-6-22(3)32-16-24)35-30-29-28-21(2)17-37(18-26(28)41-31(29)34-19-33-30)27(38)5-4-10-36-11-13-39-14-12-36/h4-9,15-16,19,21H,10-14,17-18H2,1-3H3,(H,33,34,35)/b5-4+/t21-/m1/s1. The maximum Gasteiger partial charge on any atom is 0.246 e. The number of fused-ring (bicyclic) bond motifs is 3. The molecule has 9 nitrogen and oxygen atoms in total. The minimum Gasteiger partial charge on any atom is -0.455 e. The average molecular weight is 571 g/mol. The summed E-state index contributed by atoms with van der Waals surface area (Å²) in [4.78, 5) is 32.9. The summed E-state index contributed by atoms with van der Waals surface area (Å²) in [5, 5.41) is 4.56. The van der Waals surface area contributed by atoms with Crippen molar-refractivity contribution in [1.82, 2.24) is 24.8 Å². The van der Waals surface area contributed by atoms with Gasteiger partial charge in [-0.1, -0.05) is 13.0 Å². The molecule has 10 heteroatoms. The first-order chi connectivity index (χ1) is 19.9. The van der Waals surface area contributed by atoms with E-state index < -0.39 is 0 Å². The Kier molecular flexibility index (Phi) is 7.95. The lowest BCUT2D eigenvalue weighted by atomic mass is 9.94. The van der Waals surface area contributed by atoms with Crippen LogP contribution in [0.4, 0.5) is 11.5 Å². The van der Waals surface area contributed by atoms with Gasteiger partial charge in [0, 0.05) is 54.4 Å². The summed E-state index contributed by atoms with van der Waals surface area (Å²) < 4.78 is 11.4. The van der Waals surface area contributed by atoms with E-state index in [1.54, 1.807) is 29.9 Å². The molecule has 0 unspecified atom stereocenters. The number of hydrogen-bond acceptors (Lipinski definition) is 9. The number of pyridine rings is 1. The summed E-state index contributed by atoms with van der Waals surface area (Å²) in [5.74, 6) is 2.48. The zero-order chi connectivity index (χ0) is 28.3. The third kappa shape index (κ3) is 6.09. The third-order valence-electron chi connectivity index (χ3n) is 7.51. The number of nitrogens with zero attached hydrogens (tertiary/aromatic N) is 5. The molecule has 2 aliphatic heterocycles. The normalized spacial score (nSPS) is 17.6. The van der Waals surface area contributed by atoms with Crippen molar-refractivity contribution in [2.45, 2.75) is 33.2 Å². The Morgan fingerprint density at radius 3 is 2.80 bits per heavy atom. The zero-order valence-electron chi connectivity index (χ0n) is 23.6.